The third-order valence-corrected chi connectivity index (χ3v) is 3.09. The van der Waals surface area contributed by atoms with Gasteiger partial charge in [0.1, 0.15) is 0 Å². The molecule has 0 N–H and O–H groups in total. The first-order valence-corrected chi connectivity index (χ1v) is 4.93. The van der Waals surface area contributed by atoms with Gasteiger partial charge in [-0.2, -0.15) is 0 Å². The van der Waals surface area contributed by atoms with Crippen LogP contribution in [0.3, 0.4) is 0 Å². The van der Waals surface area contributed by atoms with Crippen LogP contribution in [0.2, 0.25) is 0 Å². The van der Waals surface area contributed by atoms with Crippen molar-refractivity contribution in [2.24, 2.45) is 5.92 Å². The van der Waals surface area contributed by atoms with E-state index in [0.717, 1.165) is 11.8 Å². The molecule has 0 amide bonds. The fourth-order valence-electron chi connectivity index (χ4n) is 2.34. The number of benzene rings is 1. The minimum absolute atomic E-state index is 0.839. The van der Waals surface area contributed by atoms with Gasteiger partial charge in [-0.3, -0.25) is 0 Å². The van der Waals surface area contributed by atoms with E-state index in [-0.39, 0.29) is 0 Å². The molecule has 0 bridgehead atoms. The zero-order valence-corrected chi connectivity index (χ0v) is 7.66. The first kappa shape index (κ1) is 7.85. The van der Waals surface area contributed by atoms with Gasteiger partial charge in [0.2, 0.25) is 0 Å². The summed E-state index contributed by atoms with van der Waals surface area (Å²) in [5.41, 5.74) is 1.54. The Labute approximate surface area is 74.6 Å². The maximum atomic E-state index is 2.38. The van der Waals surface area contributed by atoms with Crippen molar-refractivity contribution >= 4 is 0 Å². The van der Waals surface area contributed by atoms with Crippen LogP contribution in [0, 0.1) is 5.92 Å². The summed E-state index contributed by atoms with van der Waals surface area (Å²) in [6.45, 7) is 2.38. The average molecular weight is 160 g/mol. The van der Waals surface area contributed by atoms with Crippen LogP contribution in [0.25, 0.3) is 0 Å². The highest BCUT2D eigenvalue weighted by atomic mass is 14.3. The van der Waals surface area contributed by atoms with E-state index in [4.69, 9.17) is 0 Å². The topological polar surface area (TPSA) is 0 Å². The maximum Gasteiger partial charge on any atom is -0.0136 e. The van der Waals surface area contributed by atoms with Crippen molar-refractivity contribution in [1.29, 1.82) is 0 Å². The molecule has 0 heterocycles. The predicted octanol–water partition coefficient (Wildman–Crippen LogP) is 3.59. The van der Waals surface area contributed by atoms with Crippen LogP contribution in [0.15, 0.2) is 30.3 Å². The van der Waals surface area contributed by atoms with Gasteiger partial charge in [0, 0.05) is 0 Å². The Kier molecular flexibility index (Phi) is 2.16. The Morgan fingerprint density at radius 1 is 1.08 bits per heavy atom. The number of hydrogen-bond acceptors (Lipinski definition) is 0. The highest BCUT2D eigenvalue weighted by molar-refractivity contribution is 5.20. The predicted molar refractivity (Wildman–Crippen MR) is 52.2 cm³/mol. The minimum atomic E-state index is 0.839. The maximum absolute atomic E-state index is 2.38. The van der Waals surface area contributed by atoms with Crippen molar-refractivity contribution in [2.75, 3.05) is 0 Å². The van der Waals surface area contributed by atoms with E-state index in [1.807, 2.05) is 0 Å². The lowest BCUT2D eigenvalue weighted by molar-refractivity contribution is 0.533. The second kappa shape index (κ2) is 3.30. The van der Waals surface area contributed by atoms with Gasteiger partial charge in [-0.25, -0.2) is 0 Å². The second-order valence-corrected chi connectivity index (χ2v) is 3.93. The Hall–Kier alpha value is -0.780. The molecular formula is C12H16. The highest BCUT2D eigenvalue weighted by Gasteiger charge is 2.24. The van der Waals surface area contributed by atoms with Crippen LogP contribution in [-0.4, -0.2) is 0 Å². The molecule has 1 fully saturated rings. The molecule has 64 valence electrons. The summed E-state index contributed by atoms with van der Waals surface area (Å²) in [6.07, 6.45) is 4.23. The first-order valence-electron chi connectivity index (χ1n) is 4.93. The van der Waals surface area contributed by atoms with E-state index in [9.17, 15) is 0 Å². The Balaban J connectivity index is 2.19. The molecule has 0 aliphatic heterocycles. The van der Waals surface area contributed by atoms with E-state index in [1.54, 1.807) is 5.56 Å². The summed E-state index contributed by atoms with van der Waals surface area (Å²) in [5, 5.41) is 0. The molecule has 1 aromatic carbocycles. The standard InChI is InChI=1S/C12H16/c1-10-6-5-9-12(10)11-7-3-2-4-8-11/h2-4,7-8,10,12H,5-6,9H2,1H3/t10-,12+/m1/s1. The van der Waals surface area contributed by atoms with E-state index in [0.29, 0.717) is 0 Å². The lowest BCUT2D eigenvalue weighted by atomic mass is 9.90. The molecule has 2 atom stereocenters. The van der Waals surface area contributed by atoms with Gasteiger partial charge in [-0.05, 0) is 23.8 Å². The largest absolute Gasteiger partial charge is 0.0622 e. The summed E-state index contributed by atoms with van der Waals surface area (Å²) in [7, 11) is 0. The van der Waals surface area contributed by atoms with Gasteiger partial charge in [0.15, 0.2) is 0 Å². The summed E-state index contributed by atoms with van der Waals surface area (Å²) in [5.74, 6) is 1.73. The van der Waals surface area contributed by atoms with Gasteiger partial charge in [-0.1, -0.05) is 50.1 Å². The van der Waals surface area contributed by atoms with E-state index >= 15 is 0 Å². The first-order chi connectivity index (χ1) is 5.88. The Morgan fingerprint density at radius 2 is 1.83 bits per heavy atom. The van der Waals surface area contributed by atoms with Crippen LogP contribution in [0.5, 0.6) is 0 Å². The number of hydrogen-bond donors (Lipinski definition) is 0. The molecule has 2 rings (SSSR count). The van der Waals surface area contributed by atoms with E-state index in [1.165, 1.54) is 19.3 Å². The summed E-state index contributed by atoms with van der Waals surface area (Å²) in [4.78, 5) is 0. The van der Waals surface area contributed by atoms with Gasteiger partial charge in [0.05, 0.1) is 0 Å². The Morgan fingerprint density at radius 3 is 2.42 bits per heavy atom. The molecule has 0 unspecified atom stereocenters. The quantitative estimate of drug-likeness (QED) is 0.589. The van der Waals surface area contributed by atoms with Gasteiger partial charge < -0.3 is 0 Å². The van der Waals surface area contributed by atoms with Crippen molar-refractivity contribution in [3.8, 4) is 0 Å². The zero-order valence-electron chi connectivity index (χ0n) is 7.66. The smallest absolute Gasteiger partial charge is 0.0136 e. The van der Waals surface area contributed by atoms with Crippen molar-refractivity contribution in [1.82, 2.24) is 0 Å². The van der Waals surface area contributed by atoms with Crippen LogP contribution in [-0.2, 0) is 0 Å². The highest BCUT2D eigenvalue weighted by Crippen LogP contribution is 2.38. The molecule has 0 saturated heterocycles. The third kappa shape index (κ3) is 1.38. The Bertz CT molecular complexity index is 237. The number of rotatable bonds is 1. The van der Waals surface area contributed by atoms with Crippen molar-refractivity contribution in [3.05, 3.63) is 35.9 Å². The van der Waals surface area contributed by atoms with E-state index in [2.05, 4.69) is 37.3 Å². The third-order valence-electron chi connectivity index (χ3n) is 3.09. The molecule has 0 nitrogen and oxygen atoms in total. The summed E-state index contributed by atoms with van der Waals surface area (Å²) in [6, 6.07) is 10.9. The van der Waals surface area contributed by atoms with Crippen molar-refractivity contribution < 1.29 is 0 Å². The normalized spacial score (nSPS) is 29.1. The molecule has 0 spiro atoms. The molecule has 1 aliphatic rings. The second-order valence-electron chi connectivity index (χ2n) is 3.93. The molecule has 12 heavy (non-hydrogen) atoms. The van der Waals surface area contributed by atoms with Crippen molar-refractivity contribution in [3.63, 3.8) is 0 Å². The average Bonchev–Trinajstić information content (AvgIpc) is 2.53. The monoisotopic (exact) mass is 160 g/mol. The van der Waals surface area contributed by atoms with Crippen LogP contribution < -0.4 is 0 Å². The fraction of sp³-hybridized carbons (Fsp3) is 0.500. The van der Waals surface area contributed by atoms with Crippen molar-refractivity contribution in [2.45, 2.75) is 32.1 Å². The van der Waals surface area contributed by atoms with Gasteiger partial charge in [-0.15, -0.1) is 0 Å². The summed E-state index contributed by atoms with van der Waals surface area (Å²) >= 11 is 0. The lowest BCUT2D eigenvalue weighted by Crippen LogP contribution is -2.00. The van der Waals surface area contributed by atoms with Crippen LogP contribution in [0.4, 0.5) is 0 Å². The zero-order chi connectivity index (χ0) is 8.39. The molecule has 1 aliphatic carbocycles. The molecule has 0 radical (unpaired) electrons. The lowest BCUT2D eigenvalue weighted by Gasteiger charge is -2.14. The molecule has 1 saturated carbocycles. The fourth-order valence-corrected chi connectivity index (χ4v) is 2.34. The molecule has 0 heteroatoms. The minimum Gasteiger partial charge on any atom is -0.0622 e. The van der Waals surface area contributed by atoms with Gasteiger partial charge >= 0.3 is 0 Å². The molecule has 1 aromatic rings. The molecular weight excluding hydrogens is 144 g/mol. The van der Waals surface area contributed by atoms with Crippen LogP contribution >= 0.6 is 0 Å². The SMILES string of the molecule is C[C@@H]1CCC[C@@H]1c1ccccc1. The van der Waals surface area contributed by atoms with E-state index < -0.39 is 0 Å². The van der Waals surface area contributed by atoms with Crippen LogP contribution in [0.1, 0.15) is 37.7 Å². The summed E-state index contributed by atoms with van der Waals surface area (Å²) < 4.78 is 0. The van der Waals surface area contributed by atoms with Gasteiger partial charge in [0.25, 0.3) is 0 Å². The molecule has 0 aromatic heterocycles.